The summed E-state index contributed by atoms with van der Waals surface area (Å²) in [6.07, 6.45) is 1.55. The molecule has 1 aromatic carbocycles. The lowest BCUT2D eigenvalue weighted by molar-refractivity contribution is 0.864. The van der Waals surface area contributed by atoms with E-state index in [9.17, 15) is 0 Å². The zero-order chi connectivity index (χ0) is 14.5. The Morgan fingerprint density at radius 2 is 2.10 bits per heavy atom. The van der Waals surface area contributed by atoms with Crippen molar-refractivity contribution >= 4 is 33.3 Å². The smallest absolute Gasteiger partial charge is 0.135 e. The van der Waals surface area contributed by atoms with Gasteiger partial charge in [0.2, 0.25) is 0 Å². The molecule has 0 amide bonds. The maximum Gasteiger partial charge on any atom is 0.135 e. The number of anilines is 3. The normalized spacial score (nSPS) is 10.4. The van der Waals surface area contributed by atoms with Crippen molar-refractivity contribution in [3.63, 3.8) is 0 Å². The van der Waals surface area contributed by atoms with Crippen LogP contribution in [-0.4, -0.2) is 30.1 Å². The van der Waals surface area contributed by atoms with Gasteiger partial charge in [-0.25, -0.2) is 9.97 Å². The van der Waals surface area contributed by atoms with Crippen LogP contribution in [0.4, 0.5) is 17.3 Å². The molecule has 0 aliphatic heterocycles. The van der Waals surface area contributed by atoms with Crippen molar-refractivity contribution in [1.29, 1.82) is 0 Å². The molecule has 1 aromatic heterocycles. The Morgan fingerprint density at radius 3 is 2.80 bits per heavy atom. The van der Waals surface area contributed by atoms with Crippen LogP contribution in [0.2, 0.25) is 0 Å². The number of halogens is 1. The van der Waals surface area contributed by atoms with Gasteiger partial charge in [0.25, 0.3) is 0 Å². The van der Waals surface area contributed by atoms with Gasteiger partial charge in [-0.2, -0.15) is 0 Å². The van der Waals surface area contributed by atoms with E-state index in [-0.39, 0.29) is 0 Å². The minimum Gasteiger partial charge on any atom is -0.358 e. The molecular formula is C14H18BrN5. The van der Waals surface area contributed by atoms with Gasteiger partial charge in [0.15, 0.2) is 0 Å². The molecule has 0 saturated carbocycles. The van der Waals surface area contributed by atoms with Crippen LogP contribution in [0.3, 0.4) is 0 Å². The predicted octanol–water partition coefficient (Wildman–Crippen LogP) is 2.69. The first-order valence-corrected chi connectivity index (χ1v) is 7.16. The molecule has 0 radical (unpaired) electrons. The summed E-state index contributed by atoms with van der Waals surface area (Å²) in [5.41, 5.74) is 7.72. The molecule has 0 atom stereocenters. The first-order chi connectivity index (χ1) is 9.60. The maximum atomic E-state index is 5.55. The molecule has 5 nitrogen and oxygen atoms in total. The first-order valence-electron chi connectivity index (χ1n) is 6.36. The van der Waals surface area contributed by atoms with Crippen LogP contribution < -0.4 is 16.0 Å². The molecule has 1 heterocycles. The fourth-order valence-corrected chi connectivity index (χ4v) is 2.05. The number of nitrogens with one attached hydrogen (secondary N) is 1. The van der Waals surface area contributed by atoms with Crippen LogP contribution in [0.1, 0.15) is 5.56 Å². The molecule has 0 bridgehead atoms. The molecule has 2 rings (SSSR count). The van der Waals surface area contributed by atoms with Gasteiger partial charge < -0.3 is 16.0 Å². The second-order valence-corrected chi connectivity index (χ2v) is 5.41. The Balaban J connectivity index is 2.16. The number of aryl methyl sites for hydroxylation is 1. The van der Waals surface area contributed by atoms with E-state index in [1.165, 1.54) is 5.56 Å². The van der Waals surface area contributed by atoms with Crippen molar-refractivity contribution in [2.24, 2.45) is 5.73 Å². The third-order valence-electron chi connectivity index (χ3n) is 2.94. The van der Waals surface area contributed by atoms with Gasteiger partial charge in [-0.15, -0.1) is 0 Å². The maximum absolute atomic E-state index is 5.55. The van der Waals surface area contributed by atoms with E-state index in [0.717, 1.165) is 28.3 Å². The van der Waals surface area contributed by atoms with Crippen LogP contribution in [0.15, 0.2) is 35.1 Å². The minimum absolute atomic E-state index is 0.592. The van der Waals surface area contributed by atoms with E-state index < -0.39 is 0 Å². The topological polar surface area (TPSA) is 67.1 Å². The van der Waals surface area contributed by atoms with Gasteiger partial charge in [-0.05, 0) is 30.7 Å². The summed E-state index contributed by atoms with van der Waals surface area (Å²) in [7, 11) is 1.96. The zero-order valence-electron chi connectivity index (χ0n) is 11.6. The molecule has 0 saturated heterocycles. The summed E-state index contributed by atoms with van der Waals surface area (Å²) in [5, 5.41) is 3.28. The van der Waals surface area contributed by atoms with Gasteiger partial charge >= 0.3 is 0 Å². The number of likely N-dealkylation sites (N-methyl/N-ethyl adjacent to an activating group) is 1. The van der Waals surface area contributed by atoms with Gasteiger partial charge in [0.1, 0.15) is 18.0 Å². The summed E-state index contributed by atoms with van der Waals surface area (Å²) in [6.45, 7) is 3.40. The Bertz CT molecular complexity index is 588. The third-order valence-corrected chi connectivity index (χ3v) is 3.83. The molecule has 0 fully saturated rings. The van der Waals surface area contributed by atoms with Crippen molar-refractivity contribution < 1.29 is 0 Å². The van der Waals surface area contributed by atoms with E-state index in [1.807, 2.05) is 30.1 Å². The Morgan fingerprint density at radius 1 is 1.30 bits per heavy atom. The van der Waals surface area contributed by atoms with E-state index >= 15 is 0 Å². The molecule has 0 spiro atoms. The summed E-state index contributed by atoms with van der Waals surface area (Å²) in [4.78, 5) is 10.5. The Hall–Kier alpha value is -1.66. The lowest BCUT2D eigenvalue weighted by Crippen LogP contribution is -2.25. The lowest BCUT2D eigenvalue weighted by Gasteiger charge is -2.17. The highest BCUT2D eigenvalue weighted by atomic mass is 79.9. The van der Waals surface area contributed by atoms with Crippen molar-refractivity contribution in [2.45, 2.75) is 6.92 Å². The first kappa shape index (κ1) is 14.7. The Kier molecular flexibility index (Phi) is 4.92. The fourth-order valence-electron chi connectivity index (χ4n) is 1.80. The van der Waals surface area contributed by atoms with E-state index in [4.69, 9.17) is 5.73 Å². The molecular weight excluding hydrogens is 318 g/mol. The molecule has 3 N–H and O–H groups in total. The highest BCUT2D eigenvalue weighted by molar-refractivity contribution is 9.10. The Labute approximate surface area is 127 Å². The van der Waals surface area contributed by atoms with Crippen molar-refractivity contribution in [3.05, 3.63) is 40.6 Å². The van der Waals surface area contributed by atoms with Crippen LogP contribution in [0.5, 0.6) is 0 Å². The largest absolute Gasteiger partial charge is 0.358 e. The number of hydrogen-bond acceptors (Lipinski definition) is 5. The molecule has 20 heavy (non-hydrogen) atoms. The second-order valence-electron chi connectivity index (χ2n) is 4.56. The van der Waals surface area contributed by atoms with E-state index in [2.05, 4.69) is 44.2 Å². The number of nitrogens with two attached hydrogens (primary N) is 1. The lowest BCUT2D eigenvalue weighted by atomic mass is 10.2. The summed E-state index contributed by atoms with van der Waals surface area (Å²) in [6, 6.07) is 7.99. The van der Waals surface area contributed by atoms with Gasteiger partial charge in [-0.3, -0.25) is 0 Å². The van der Waals surface area contributed by atoms with E-state index in [1.54, 1.807) is 6.33 Å². The SMILES string of the molecule is Cc1cc(Nc2cc(N(C)CCN)ncn2)ccc1Br. The van der Waals surface area contributed by atoms with Crippen molar-refractivity contribution in [1.82, 2.24) is 9.97 Å². The molecule has 2 aromatic rings. The highest BCUT2D eigenvalue weighted by Crippen LogP contribution is 2.23. The number of benzene rings is 1. The zero-order valence-corrected chi connectivity index (χ0v) is 13.2. The molecule has 0 unspecified atom stereocenters. The molecule has 6 heteroatoms. The highest BCUT2D eigenvalue weighted by Gasteiger charge is 2.04. The van der Waals surface area contributed by atoms with Gasteiger partial charge in [0, 0.05) is 36.4 Å². The third kappa shape index (κ3) is 3.68. The number of nitrogens with zero attached hydrogens (tertiary/aromatic N) is 3. The predicted molar refractivity (Wildman–Crippen MR) is 86.5 cm³/mol. The number of hydrogen-bond donors (Lipinski definition) is 2. The standard InChI is InChI=1S/C14H18BrN5/c1-10-7-11(3-4-12(10)15)19-13-8-14(18-9-17-13)20(2)6-5-16/h3-4,7-9H,5-6,16H2,1-2H3,(H,17,18,19). The minimum atomic E-state index is 0.592. The van der Waals surface area contributed by atoms with Crippen LogP contribution in [0, 0.1) is 6.92 Å². The van der Waals surface area contributed by atoms with Crippen LogP contribution in [-0.2, 0) is 0 Å². The fraction of sp³-hybridized carbons (Fsp3) is 0.286. The van der Waals surface area contributed by atoms with Crippen molar-refractivity contribution in [2.75, 3.05) is 30.4 Å². The summed E-state index contributed by atoms with van der Waals surface area (Å²) >= 11 is 3.49. The average molecular weight is 336 g/mol. The van der Waals surface area contributed by atoms with Gasteiger partial charge in [0.05, 0.1) is 0 Å². The van der Waals surface area contributed by atoms with Crippen LogP contribution in [0.25, 0.3) is 0 Å². The second kappa shape index (κ2) is 6.67. The molecule has 106 valence electrons. The van der Waals surface area contributed by atoms with Gasteiger partial charge in [-0.1, -0.05) is 15.9 Å². The quantitative estimate of drug-likeness (QED) is 0.879. The molecule has 0 aliphatic rings. The van der Waals surface area contributed by atoms with Crippen LogP contribution >= 0.6 is 15.9 Å². The monoisotopic (exact) mass is 335 g/mol. The summed E-state index contributed by atoms with van der Waals surface area (Å²) in [5.74, 6) is 1.61. The number of rotatable bonds is 5. The average Bonchev–Trinajstić information content (AvgIpc) is 2.43. The van der Waals surface area contributed by atoms with E-state index in [0.29, 0.717) is 6.54 Å². The number of aromatic nitrogens is 2. The summed E-state index contributed by atoms with van der Waals surface area (Å²) < 4.78 is 1.09. The molecule has 0 aliphatic carbocycles. The van der Waals surface area contributed by atoms with Crippen molar-refractivity contribution in [3.8, 4) is 0 Å².